The summed E-state index contributed by atoms with van der Waals surface area (Å²) in [5.41, 5.74) is 3.67. The van der Waals surface area contributed by atoms with E-state index in [1.807, 2.05) is 38.1 Å². The first kappa shape index (κ1) is 16.3. The Labute approximate surface area is 154 Å². The zero-order valence-corrected chi connectivity index (χ0v) is 15.8. The third-order valence-electron chi connectivity index (χ3n) is 4.83. The van der Waals surface area contributed by atoms with Crippen LogP contribution in [0.1, 0.15) is 52.3 Å². The molecule has 2 unspecified atom stereocenters. The second-order valence-electron chi connectivity index (χ2n) is 6.73. The number of rotatable bonds is 4. The molecule has 4 rings (SSSR count). The van der Waals surface area contributed by atoms with Crippen LogP contribution < -0.4 is 0 Å². The lowest BCUT2D eigenvalue weighted by molar-refractivity contribution is 0.103. The first-order chi connectivity index (χ1) is 12.0. The van der Waals surface area contributed by atoms with E-state index in [1.165, 1.54) is 0 Å². The molecule has 1 aliphatic carbocycles. The van der Waals surface area contributed by atoms with Gasteiger partial charge in [0.05, 0.1) is 0 Å². The van der Waals surface area contributed by atoms with Gasteiger partial charge in [0.25, 0.3) is 5.89 Å². The summed E-state index contributed by atoms with van der Waals surface area (Å²) in [4.78, 5) is 16.2. The number of H-pyrrole nitrogens is 1. The van der Waals surface area contributed by atoms with Gasteiger partial charge in [-0.25, -0.2) is 0 Å². The first-order valence-electron chi connectivity index (χ1n) is 8.29. The van der Waals surface area contributed by atoms with Crippen molar-refractivity contribution in [1.29, 1.82) is 0 Å². The molecule has 5 nitrogen and oxygen atoms in total. The van der Waals surface area contributed by atoms with Gasteiger partial charge in [-0.15, -0.1) is 10.2 Å². The van der Waals surface area contributed by atoms with E-state index in [0.29, 0.717) is 34.7 Å². The molecule has 1 aliphatic rings. The molecule has 0 radical (unpaired) electrons. The highest BCUT2D eigenvalue weighted by Gasteiger charge is 2.39. The average Bonchev–Trinajstić information content (AvgIpc) is 3.00. The molecule has 2 heterocycles. The summed E-state index contributed by atoms with van der Waals surface area (Å²) in [6.45, 7) is 5.98. The summed E-state index contributed by atoms with van der Waals surface area (Å²) in [6, 6.07) is 7.40. The van der Waals surface area contributed by atoms with Crippen molar-refractivity contribution in [3.63, 3.8) is 0 Å². The van der Waals surface area contributed by atoms with Crippen LogP contribution >= 0.6 is 15.9 Å². The fourth-order valence-electron chi connectivity index (χ4n) is 3.23. The molecule has 0 saturated heterocycles. The fourth-order valence-corrected chi connectivity index (χ4v) is 3.63. The lowest BCUT2D eigenvalue weighted by atomic mass is 10.00. The highest BCUT2D eigenvalue weighted by atomic mass is 79.9. The maximum Gasteiger partial charge on any atom is 0.264 e. The van der Waals surface area contributed by atoms with Crippen molar-refractivity contribution in [1.82, 2.24) is 15.2 Å². The van der Waals surface area contributed by atoms with Crippen molar-refractivity contribution in [2.75, 3.05) is 0 Å². The zero-order valence-electron chi connectivity index (χ0n) is 14.3. The number of carbonyl (C=O) groups is 1. The average molecular weight is 400 g/mol. The fraction of sp³-hybridized carbons (Fsp3) is 0.316. The van der Waals surface area contributed by atoms with Crippen molar-refractivity contribution in [2.24, 2.45) is 5.92 Å². The lowest BCUT2D eigenvalue weighted by Gasteiger charge is -2.03. The standard InChI is InChI=1S/C19H18BrN3O2/c1-9-7-14(9)18-22-23-19(25-18)16-10(2)15(11(3)21-16)17(24)12-5-4-6-13(20)8-12/h4-6,8-9,14,21H,7H2,1-3H3. The van der Waals surface area contributed by atoms with Gasteiger partial charge in [0, 0.05) is 27.2 Å². The molecule has 0 aliphatic heterocycles. The van der Waals surface area contributed by atoms with Gasteiger partial charge in [0.15, 0.2) is 5.78 Å². The maximum atomic E-state index is 12.9. The van der Waals surface area contributed by atoms with Gasteiger partial charge in [0.2, 0.25) is 5.89 Å². The topological polar surface area (TPSA) is 71.8 Å². The maximum absolute atomic E-state index is 12.9. The number of carbonyl (C=O) groups excluding carboxylic acids is 1. The normalized spacial score (nSPS) is 19.2. The number of aryl methyl sites for hydroxylation is 1. The minimum atomic E-state index is -0.0191. The molecule has 6 heteroatoms. The summed E-state index contributed by atoms with van der Waals surface area (Å²) in [5, 5.41) is 8.35. The van der Waals surface area contributed by atoms with E-state index >= 15 is 0 Å². The molecular weight excluding hydrogens is 382 g/mol. The number of aromatic nitrogens is 3. The van der Waals surface area contributed by atoms with E-state index in [-0.39, 0.29) is 5.78 Å². The van der Waals surface area contributed by atoms with Gasteiger partial charge in [-0.3, -0.25) is 4.79 Å². The molecule has 1 aromatic carbocycles. The number of aromatic amines is 1. The third-order valence-corrected chi connectivity index (χ3v) is 5.33. The number of hydrogen-bond donors (Lipinski definition) is 1. The van der Waals surface area contributed by atoms with E-state index in [1.54, 1.807) is 0 Å². The smallest absolute Gasteiger partial charge is 0.264 e. The first-order valence-corrected chi connectivity index (χ1v) is 9.08. The Morgan fingerprint density at radius 2 is 2.08 bits per heavy atom. The number of nitrogens with zero attached hydrogens (tertiary/aromatic N) is 2. The minimum Gasteiger partial charge on any atom is -0.419 e. The van der Waals surface area contributed by atoms with Crippen molar-refractivity contribution in [3.8, 4) is 11.6 Å². The van der Waals surface area contributed by atoms with E-state index < -0.39 is 0 Å². The van der Waals surface area contributed by atoms with Crippen LogP contribution in [0.2, 0.25) is 0 Å². The van der Waals surface area contributed by atoms with Crippen LogP contribution in [-0.4, -0.2) is 21.0 Å². The molecule has 1 N–H and O–H groups in total. The summed E-state index contributed by atoms with van der Waals surface area (Å²) < 4.78 is 6.72. The van der Waals surface area contributed by atoms with Gasteiger partial charge in [-0.2, -0.15) is 0 Å². The van der Waals surface area contributed by atoms with E-state index in [4.69, 9.17) is 4.42 Å². The van der Waals surface area contributed by atoms with Crippen LogP contribution in [0.5, 0.6) is 0 Å². The highest BCUT2D eigenvalue weighted by molar-refractivity contribution is 9.10. The molecule has 2 atom stereocenters. The SMILES string of the molecule is Cc1[nH]c(-c2nnc(C3CC3C)o2)c(C)c1C(=O)c1cccc(Br)c1. The summed E-state index contributed by atoms with van der Waals surface area (Å²) in [6.07, 6.45) is 1.09. The number of halogens is 1. The van der Waals surface area contributed by atoms with Crippen molar-refractivity contribution in [2.45, 2.75) is 33.1 Å². The quantitative estimate of drug-likeness (QED) is 0.639. The Hall–Kier alpha value is -2.21. The van der Waals surface area contributed by atoms with Crippen molar-refractivity contribution in [3.05, 3.63) is 57.0 Å². The van der Waals surface area contributed by atoms with Crippen LogP contribution in [0.25, 0.3) is 11.6 Å². The Bertz CT molecular complexity index is 973. The molecule has 0 spiro atoms. The Morgan fingerprint density at radius 3 is 2.76 bits per heavy atom. The summed E-state index contributed by atoms with van der Waals surface area (Å²) in [7, 11) is 0. The van der Waals surface area contributed by atoms with Gasteiger partial charge < -0.3 is 9.40 Å². The Balaban J connectivity index is 1.71. The highest BCUT2D eigenvalue weighted by Crippen LogP contribution is 2.46. The van der Waals surface area contributed by atoms with Crippen molar-refractivity contribution < 1.29 is 9.21 Å². The number of ketones is 1. The summed E-state index contributed by atoms with van der Waals surface area (Å²) >= 11 is 3.42. The second kappa shape index (κ2) is 5.95. The molecule has 25 heavy (non-hydrogen) atoms. The van der Waals surface area contributed by atoms with Gasteiger partial charge in [-0.05, 0) is 43.9 Å². The van der Waals surface area contributed by atoms with Gasteiger partial charge >= 0.3 is 0 Å². The largest absolute Gasteiger partial charge is 0.419 e. The molecule has 3 aromatic rings. The van der Waals surface area contributed by atoms with Crippen LogP contribution in [0.4, 0.5) is 0 Å². The van der Waals surface area contributed by atoms with Crippen LogP contribution in [-0.2, 0) is 0 Å². The van der Waals surface area contributed by atoms with E-state index in [9.17, 15) is 4.79 Å². The Morgan fingerprint density at radius 1 is 1.32 bits per heavy atom. The van der Waals surface area contributed by atoms with E-state index in [0.717, 1.165) is 27.8 Å². The molecule has 0 amide bonds. The Kier molecular flexibility index (Phi) is 3.87. The third kappa shape index (κ3) is 2.84. The lowest BCUT2D eigenvalue weighted by Crippen LogP contribution is -2.03. The van der Waals surface area contributed by atoms with Crippen LogP contribution in [0.15, 0.2) is 33.2 Å². The van der Waals surface area contributed by atoms with Crippen LogP contribution in [0.3, 0.4) is 0 Å². The molecule has 0 bridgehead atoms. The number of hydrogen-bond acceptors (Lipinski definition) is 4. The zero-order chi connectivity index (χ0) is 17.7. The molecule has 1 fully saturated rings. The van der Waals surface area contributed by atoms with Crippen LogP contribution in [0, 0.1) is 19.8 Å². The predicted octanol–water partition coefficient (Wildman–Crippen LogP) is 4.80. The van der Waals surface area contributed by atoms with Gasteiger partial charge in [-0.1, -0.05) is 35.0 Å². The molecular formula is C19H18BrN3O2. The predicted molar refractivity (Wildman–Crippen MR) is 97.7 cm³/mol. The monoisotopic (exact) mass is 399 g/mol. The minimum absolute atomic E-state index is 0.0191. The van der Waals surface area contributed by atoms with Gasteiger partial charge in [0.1, 0.15) is 5.69 Å². The molecule has 2 aromatic heterocycles. The van der Waals surface area contributed by atoms with E-state index in [2.05, 4.69) is 38.0 Å². The summed E-state index contributed by atoms with van der Waals surface area (Å²) in [5.74, 6) is 2.10. The molecule has 128 valence electrons. The molecule has 1 saturated carbocycles. The second-order valence-corrected chi connectivity index (χ2v) is 7.65. The number of nitrogens with one attached hydrogen (secondary N) is 1. The number of benzene rings is 1. The van der Waals surface area contributed by atoms with Crippen molar-refractivity contribution >= 4 is 21.7 Å².